The number of nitrogens with zero attached hydrogens (tertiary/aromatic N) is 1. The van der Waals surface area contributed by atoms with E-state index in [-0.39, 0.29) is 0 Å². The van der Waals surface area contributed by atoms with E-state index in [0.717, 1.165) is 22.0 Å². The van der Waals surface area contributed by atoms with Gasteiger partial charge in [0.25, 0.3) is 0 Å². The van der Waals surface area contributed by atoms with Crippen molar-refractivity contribution >= 4 is 45.2 Å². The van der Waals surface area contributed by atoms with Crippen molar-refractivity contribution in [2.45, 2.75) is 6.92 Å². The minimum atomic E-state index is 0.488. The average Bonchev–Trinajstić information content (AvgIpc) is 3.02. The van der Waals surface area contributed by atoms with Gasteiger partial charge < -0.3 is 9.40 Å². The summed E-state index contributed by atoms with van der Waals surface area (Å²) in [7, 11) is 0. The van der Waals surface area contributed by atoms with Crippen molar-refractivity contribution in [1.29, 1.82) is 0 Å². The zero-order valence-electron chi connectivity index (χ0n) is 11.1. The Hall–Kier alpha value is -1.97. The zero-order valence-corrected chi connectivity index (χ0v) is 12.6. The second kappa shape index (κ2) is 4.52. The Morgan fingerprint density at radius 1 is 1.05 bits per heavy atom. The van der Waals surface area contributed by atoms with Gasteiger partial charge >= 0.3 is 0 Å². The summed E-state index contributed by atoms with van der Waals surface area (Å²) in [6.45, 7) is 2.05. The highest BCUT2D eigenvalue weighted by atomic mass is 35.5. The fraction of sp³-hybridized carbons (Fsp3) is 0.0625. The summed E-state index contributed by atoms with van der Waals surface area (Å²) in [4.78, 5) is 7.72. The first-order valence-electron chi connectivity index (χ1n) is 6.45. The van der Waals surface area contributed by atoms with E-state index in [1.807, 2.05) is 18.2 Å². The zero-order chi connectivity index (χ0) is 14.6. The van der Waals surface area contributed by atoms with Gasteiger partial charge in [-0.25, -0.2) is 4.98 Å². The Labute approximate surface area is 130 Å². The van der Waals surface area contributed by atoms with Crippen LogP contribution in [-0.2, 0) is 0 Å². The van der Waals surface area contributed by atoms with Gasteiger partial charge in [-0.3, -0.25) is 0 Å². The maximum Gasteiger partial charge on any atom is 0.174 e. The summed E-state index contributed by atoms with van der Waals surface area (Å²) in [5, 5.41) is 2.04. The Morgan fingerprint density at radius 3 is 2.71 bits per heavy atom. The molecule has 0 unspecified atom stereocenters. The molecular weight excluding hydrogens is 307 g/mol. The molecular formula is C16H10Cl2N2O. The van der Waals surface area contributed by atoms with Crippen LogP contribution in [0.1, 0.15) is 5.56 Å². The van der Waals surface area contributed by atoms with Gasteiger partial charge in [-0.15, -0.1) is 0 Å². The van der Waals surface area contributed by atoms with Crippen LogP contribution >= 0.6 is 23.2 Å². The van der Waals surface area contributed by atoms with Crippen LogP contribution in [0.15, 0.2) is 40.8 Å². The quantitative estimate of drug-likeness (QED) is 0.497. The van der Waals surface area contributed by atoms with Gasteiger partial charge in [-0.1, -0.05) is 34.8 Å². The standard InChI is InChI=1S/C16H10Cl2N2O/c1-8-2-3-14-9(4-8)5-15(21-14)16-19-12-6-10(17)11(18)7-13(12)20-16/h2-7H,1H3,(H,19,20). The Kier molecular flexibility index (Phi) is 2.74. The molecule has 4 rings (SSSR count). The number of aromatic nitrogens is 2. The Morgan fingerprint density at radius 2 is 1.86 bits per heavy atom. The molecule has 3 nitrogen and oxygen atoms in total. The van der Waals surface area contributed by atoms with E-state index in [9.17, 15) is 0 Å². The number of halogens is 2. The van der Waals surface area contributed by atoms with E-state index in [1.54, 1.807) is 12.1 Å². The van der Waals surface area contributed by atoms with Crippen molar-refractivity contribution < 1.29 is 4.42 Å². The number of nitrogens with one attached hydrogen (secondary N) is 1. The van der Waals surface area contributed by atoms with Gasteiger partial charge in [0.15, 0.2) is 11.6 Å². The maximum absolute atomic E-state index is 6.02. The van der Waals surface area contributed by atoms with E-state index in [2.05, 4.69) is 23.0 Å². The number of hydrogen-bond acceptors (Lipinski definition) is 2. The number of furan rings is 1. The molecule has 0 spiro atoms. The molecule has 5 heteroatoms. The lowest BCUT2D eigenvalue weighted by molar-refractivity contribution is 0.626. The lowest BCUT2D eigenvalue weighted by Crippen LogP contribution is -1.74. The topological polar surface area (TPSA) is 41.8 Å². The molecule has 2 aromatic heterocycles. The molecule has 21 heavy (non-hydrogen) atoms. The van der Waals surface area contributed by atoms with Crippen molar-refractivity contribution in [1.82, 2.24) is 9.97 Å². The number of rotatable bonds is 1. The highest BCUT2D eigenvalue weighted by Crippen LogP contribution is 2.31. The molecule has 0 saturated carbocycles. The maximum atomic E-state index is 6.02. The molecule has 0 aliphatic heterocycles. The molecule has 0 radical (unpaired) electrons. The van der Waals surface area contributed by atoms with Crippen LogP contribution in [-0.4, -0.2) is 9.97 Å². The highest BCUT2D eigenvalue weighted by Gasteiger charge is 2.12. The van der Waals surface area contributed by atoms with Crippen LogP contribution < -0.4 is 0 Å². The molecule has 0 amide bonds. The second-order valence-electron chi connectivity index (χ2n) is 5.02. The molecule has 2 heterocycles. The van der Waals surface area contributed by atoms with E-state index >= 15 is 0 Å². The number of aryl methyl sites for hydroxylation is 1. The predicted molar refractivity (Wildman–Crippen MR) is 86.1 cm³/mol. The first-order chi connectivity index (χ1) is 10.1. The number of benzene rings is 2. The van der Waals surface area contributed by atoms with Crippen LogP contribution in [0.25, 0.3) is 33.6 Å². The summed E-state index contributed by atoms with van der Waals surface area (Å²) in [5.41, 5.74) is 3.62. The molecule has 4 aromatic rings. The minimum absolute atomic E-state index is 0.488. The second-order valence-corrected chi connectivity index (χ2v) is 5.84. The Bertz CT molecular complexity index is 946. The summed E-state index contributed by atoms with van der Waals surface area (Å²) in [5.74, 6) is 1.36. The van der Waals surface area contributed by atoms with Crippen LogP contribution in [0.2, 0.25) is 10.0 Å². The SMILES string of the molecule is Cc1ccc2oc(-c3nc4cc(Cl)c(Cl)cc4[nH]3)cc2c1. The number of imidazole rings is 1. The van der Waals surface area contributed by atoms with E-state index in [0.29, 0.717) is 21.6 Å². The van der Waals surface area contributed by atoms with Crippen molar-refractivity contribution in [2.75, 3.05) is 0 Å². The van der Waals surface area contributed by atoms with E-state index in [1.165, 1.54) is 5.56 Å². The third-order valence-corrected chi connectivity index (χ3v) is 4.15. The first kappa shape index (κ1) is 12.7. The third kappa shape index (κ3) is 2.09. The molecule has 0 fully saturated rings. The van der Waals surface area contributed by atoms with Crippen LogP contribution in [0.3, 0.4) is 0 Å². The van der Waals surface area contributed by atoms with Crippen LogP contribution in [0, 0.1) is 6.92 Å². The summed E-state index contributed by atoms with van der Waals surface area (Å²) >= 11 is 12.0. The van der Waals surface area contributed by atoms with E-state index in [4.69, 9.17) is 27.6 Å². The predicted octanol–water partition coefficient (Wildman–Crippen LogP) is 5.59. The van der Waals surface area contributed by atoms with Gasteiger partial charge in [0.1, 0.15) is 5.58 Å². The summed E-state index contributed by atoms with van der Waals surface area (Å²) in [6.07, 6.45) is 0. The lowest BCUT2D eigenvalue weighted by atomic mass is 10.2. The molecule has 104 valence electrons. The van der Waals surface area contributed by atoms with Crippen molar-refractivity contribution in [3.63, 3.8) is 0 Å². The molecule has 0 bridgehead atoms. The number of hydrogen-bond donors (Lipinski definition) is 1. The van der Waals surface area contributed by atoms with Crippen LogP contribution in [0.4, 0.5) is 0 Å². The fourth-order valence-corrected chi connectivity index (χ4v) is 2.72. The van der Waals surface area contributed by atoms with Crippen molar-refractivity contribution in [3.05, 3.63) is 52.0 Å². The highest BCUT2D eigenvalue weighted by molar-refractivity contribution is 6.42. The lowest BCUT2D eigenvalue weighted by Gasteiger charge is -1.93. The van der Waals surface area contributed by atoms with Gasteiger partial charge in [0.05, 0.1) is 21.1 Å². The van der Waals surface area contributed by atoms with Crippen molar-refractivity contribution in [2.24, 2.45) is 0 Å². The van der Waals surface area contributed by atoms with Crippen molar-refractivity contribution in [3.8, 4) is 11.6 Å². The number of aromatic amines is 1. The van der Waals surface area contributed by atoms with Crippen LogP contribution in [0.5, 0.6) is 0 Å². The number of H-pyrrole nitrogens is 1. The summed E-state index contributed by atoms with van der Waals surface area (Å²) < 4.78 is 5.84. The average molecular weight is 317 g/mol. The largest absolute Gasteiger partial charge is 0.453 e. The monoisotopic (exact) mass is 316 g/mol. The fourth-order valence-electron chi connectivity index (χ4n) is 2.40. The normalized spacial score (nSPS) is 11.6. The Balaban J connectivity index is 1.91. The molecule has 1 N–H and O–H groups in total. The minimum Gasteiger partial charge on any atom is -0.453 e. The smallest absolute Gasteiger partial charge is 0.174 e. The molecule has 2 aromatic carbocycles. The van der Waals surface area contributed by atoms with Gasteiger partial charge in [-0.2, -0.15) is 0 Å². The molecule has 0 atom stereocenters. The summed E-state index contributed by atoms with van der Waals surface area (Å²) in [6, 6.07) is 11.6. The van der Waals surface area contributed by atoms with Gasteiger partial charge in [-0.05, 0) is 37.3 Å². The first-order valence-corrected chi connectivity index (χ1v) is 7.21. The van der Waals surface area contributed by atoms with Gasteiger partial charge in [0, 0.05) is 5.39 Å². The number of fused-ring (bicyclic) bond motifs is 2. The van der Waals surface area contributed by atoms with E-state index < -0.39 is 0 Å². The molecule has 0 saturated heterocycles. The van der Waals surface area contributed by atoms with Gasteiger partial charge in [0.2, 0.25) is 0 Å². The third-order valence-electron chi connectivity index (χ3n) is 3.43. The molecule has 0 aliphatic rings. The molecule has 0 aliphatic carbocycles.